The molecule has 3 nitrogen and oxygen atoms in total. The molecule has 0 saturated carbocycles. The van der Waals surface area contributed by atoms with E-state index in [4.69, 9.17) is 29.6 Å². The fourth-order valence-electron chi connectivity index (χ4n) is 1.28. The standard InChI is InChI=1S/C10H13BrClN3S/c1-6(9(13)16)5-15(2)10-8(11)3-7(12)4-14-10/h3-4,6H,5H2,1-2H3,(H2,13,16). The average molecular weight is 323 g/mol. The van der Waals surface area contributed by atoms with Crippen LogP contribution in [-0.4, -0.2) is 23.6 Å². The molecule has 1 rings (SSSR count). The highest BCUT2D eigenvalue weighted by Gasteiger charge is 2.13. The van der Waals surface area contributed by atoms with E-state index in [1.807, 2.05) is 24.9 Å². The van der Waals surface area contributed by atoms with E-state index in [1.54, 1.807) is 6.20 Å². The van der Waals surface area contributed by atoms with Gasteiger partial charge in [-0.2, -0.15) is 0 Å². The normalized spacial score (nSPS) is 12.2. The number of thiocarbonyl (C=S) groups is 1. The molecule has 1 unspecified atom stereocenters. The summed E-state index contributed by atoms with van der Waals surface area (Å²) in [6.07, 6.45) is 1.61. The molecule has 0 aliphatic carbocycles. The largest absolute Gasteiger partial charge is 0.393 e. The van der Waals surface area contributed by atoms with Crippen LogP contribution in [0.2, 0.25) is 5.02 Å². The minimum atomic E-state index is 0.143. The van der Waals surface area contributed by atoms with Crippen molar-refractivity contribution in [2.45, 2.75) is 6.92 Å². The Labute approximate surface area is 114 Å². The smallest absolute Gasteiger partial charge is 0.142 e. The molecule has 6 heteroatoms. The van der Waals surface area contributed by atoms with Crippen molar-refractivity contribution in [1.29, 1.82) is 0 Å². The SMILES string of the molecule is CC(CN(C)c1ncc(Cl)cc1Br)C(N)=S. The summed E-state index contributed by atoms with van der Waals surface area (Å²) < 4.78 is 0.859. The van der Waals surface area contributed by atoms with E-state index in [9.17, 15) is 0 Å². The van der Waals surface area contributed by atoms with Crippen LogP contribution in [0.3, 0.4) is 0 Å². The molecule has 0 bridgehead atoms. The Morgan fingerprint density at radius 2 is 2.38 bits per heavy atom. The third-order valence-corrected chi connectivity index (χ3v) is 3.38. The van der Waals surface area contributed by atoms with Gasteiger partial charge in [-0.25, -0.2) is 4.98 Å². The lowest BCUT2D eigenvalue weighted by Crippen LogP contribution is -2.32. The van der Waals surface area contributed by atoms with Crippen molar-refractivity contribution < 1.29 is 0 Å². The lowest BCUT2D eigenvalue weighted by Gasteiger charge is -2.22. The number of nitrogens with two attached hydrogens (primary N) is 1. The van der Waals surface area contributed by atoms with Crippen molar-refractivity contribution in [2.75, 3.05) is 18.5 Å². The van der Waals surface area contributed by atoms with Gasteiger partial charge in [0.15, 0.2) is 0 Å². The zero-order valence-electron chi connectivity index (χ0n) is 9.08. The number of aromatic nitrogens is 1. The number of halogens is 2. The first kappa shape index (κ1) is 13.7. The van der Waals surface area contributed by atoms with Crippen LogP contribution >= 0.6 is 39.7 Å². The van der Waals surface area contributed by atoms with E-state index in [-0.39, 0.29) is 5.92 Å². The number of hydrogen-bond donors (Lipinski definition) is 1. The quantitative estimate of drug-likeness (QED) is 0.866. The van der Waals surface area contributed by atoms with E-state index >= 15 is 0 Å². The third kappa shape index (κ3) is 3.57. The molecule has 0 aliphatic rings. The van der Waals surface area contributed by atoms with Gasteiger partial charge in [0.05, 0.1) is 14.5 Å². The van der Waals surface area contributed by atoms with Crippen LogP contribution in [0.5, 0.6) is 0 Å². The molecule has 1 aromatic heterocycles. The summed E-state index contributed by atoms with van der Waals surface area (Å²) in [6.45, 7) is 2.71. The molecule has 1 atom stereocenters. The van der Waals surface area contributed by atoms with Gasteiger partial charge >= 0.3 is 0 Å². The van der Waals surface area contributed by atoms with Gasteiger partial charge in [0, 0.05) is 25.7 Å². The maximum Gasteiger partial charge on any atom is 0.142 e. The Balaban J connectivity index is 2.80. The van der Waals surface area contributed by atoms with E-state index in [0.29, 0.717) is 10.0 Å². The van der Waals surface area contributed by atoms with E-state index in [2.05, 4.69) is 20.9 Å². The number of nitrogens with zero attached hydrogens (tertiary/aromatic N) is 2. The van der Waals surface area contributed by atoms with Crippen LogP contribution in [-0.2, 0) is 0 Å². The molecule has 1 aromatic rings. The van der Waals surface area contributed by atoms with Crippen LogP contribution in [0.1, 0.15) is 6.92 Å². The van der Waals surface area contributed by atoms with Gasteiger partial charge in [0.1, 0.15) is 5.82 Å². The summed E-state index contributed by atoms with van der Waals surface area (Å²) in [4.78, 5) is 6.75. The van der Waals surface area contributed by atoms with Crippen molar-refractivity contribution in [3.63, 3.8) is 0 Å². The Morgan fingerprint density at radius 1 is 1.75 bits per heavy atom. The molecule has 2 N–H and O–H groups in total. The molecule has 0 saturated heterocycles. The summed E-state index contributed by atoms with van der Waals surface area (Å²) in [5, 5.41) is 0.603. The molecular formula is C10H13BrClN3S. The molecule has 0 amide bonds. The third-order valence-electron chi connectivity index (χ3n) is 2.18. The highest BCUT2D eigenvalue weighted by Crippen LogP contribution is 2.26. The maximum atomic E-state index is 5.83. The summed E-state index contributed by atoms with van der Waals surface area (Å²) in [5.74, 6) is 0.969. The molecule has 0 spiro atoms. The topological polar surface area (TPSA) is 42.2 Å². The summed E-state index contributed by atoms with van der Waals surface area (Å²) in [6, 6.07) is 1.81. The van der Waals surface area contributed by atoms with Gasteiger partial charge in [0.25, 0.3) is 0 Å². The fourth-order valence-corrected chi connectivity index (χ4v) is 2.29. The Hall–Kier alpha value is -0.390. The van der Waals surface area contributed by atoms with Crippen molar-refractivity contribution in [1.82, 2.24) is 4.98 Å². The zero-order valence-corrected chi connectivity index (χ0v) is 12.2. The van der Waals surface area contributed by atoms with Gasteiger partial charge in [-0.05, 0) is 22.0 Å². The van der Waals surface area contributed by atoms with Crippen molar-refractivity contribution in [3.05, 3.63) is 21.8 Å². The van der Waals surface area contributed by atoms with Gasteiger partial charge in [-0.1, -0.05) is 30.7 Å². The summed E-state index contributed by atoms with van der Waals surface area (Å²) >= 11 is 14.2. The van der Waals surface area contributed by atoms with Gasteiger partial charge in [0.2, 0.25) is 0 Å². The molecule has 0 aliphatic heterocycles. The van der Waals surface area contributed by atoms with Crippen LogP contribution in [0.15, 0.2) is 16.7 Å². The van der Waals surface area contributed by atoms with Gasteiger partial charge < -0.3 is 10.6 Å². The van der Waals surface area contributed by atoms with Crippen LogP contribution < -0.4 is 10.6 Å². The summed E-state index contributed by atoms with van der Waals surface area (Å²) in [5.41, 5.74) is 5.58. The molecule has 1 heterocycles. The lowest BCUT2D eigenvalue weighted by molar-refractivity contribution is 0.734. The number of hydrogen-bond acceptors (Lipinski definition) is 3. The average Bonchev–Trinajstić information content (AvgIpc) is 2.16. The predicted molar refractivity (Wildman–Crippen MR) is 76.2 cm³/mol. The number of pyridine rings is 1. The first-order valence-corrected chi connectivity index (χ1v) is 6.31. The van der Waals surface area contributed by atoms with E-state index < -0.39 is 0 Å². The van der Waals surface area contributed by atoms with E-state index in [1.165, 1.54) is 0 Å². The van der Waals surface area contributed by atoms with Gasteiger partial charge in [-0.15, -0.1) is 0 Å². The molecule has 16 heavy (non-hydrogen) atoms. The summed E-state index contributed by atoms with van der Waals surface area (Å²) in [7, 11) is 1.94. The Kier molecular flexibility index (Phi) is 4.95. The van der Waals surface area contributed by atoms with Gasteiger partial charge in [-0.3, -0.25) is 0 Å². The highest BCUT2D eigenvalue weighted by atomic mass is 79.9. The lowest BCUT2D eigenvalue weighted by atomic mass is 10.2. The Bertz CT molecular complexity index is 400. The zero-order chi connectivity index (χ0) is 12.3. The molecule has 0 radical (unpaired) electrons. The Morgan fingerprint density at radius 3 is 2.88 bits per heavy atom. The van der Waals surface area contributed by atoms with Crippen LogP contribution in [0.4, 0.5) is 5.82 Å². The van der Waals surface area contributed by atoms with Crippen molar-refractivity contribution in [2.24, 2.45) is 11.7 Å². The molecular weight excluding hydrogens is 310 g/mol. The minimum Gasteiger partial charge on any atom is -0.393 e. The molecule has 0 aromatic carbocycles. The highest BCUT2D eigenvalue weighted by molar-refractivity contribution is 9.10. The monoisotopic (exact) mass is 321 g/mol. The first-order valence-electron chi connectivity index (χ1n) is 4.73. The maximum absolute atomic E-state index is 5.83. The molecule has 88 valence electrons. The van der Waals surface area contributed by atoms with E-state index in [0.717, 1.165) is 16.8 Å². The predicted octanol–water partition coefficient (Wildman–Crippen LogP) is 2.86. The minimum absolute atomic E-state index is 0.143. The van der Waals surface area contributed by atoms with Crippen molar-refractivity contribution >= 4 is 50.6 Å². The second-order valence-corrected chi connectivity index (χ2v) is 5.41. The first-order chi connectivity index (χ1) is 7.41. The second kappa shape index (κ2) is 5.80. The number of rotatable bonds is 4. The molecule has 0 fully saturated rings. The van der Waals surface area contributed by atoms with Crippen LogP contribution in [0.25, 0.3) is 0 Å². The fraction of sp³-hybridized carbons (Fsp3) is 0.400. The second-order valence-electron chi connectivity index (χ2n) is 3.64. The number of anilines is 1. The van der Waals surface area contributed by atoms with Crippen LogP contribution in [0, 0.1) is 5.92 Å². The van der Waals surface area contributed by atoms with Crippen molar-refractivity contribution in [3.8, 4) is 0 Å².